The second-order valence-electron chi connectivity index (χ2n) is 6.65. The summed E-state index contributed by atoms with van der Waals surface area (Å²) in [7, 11) is 0. The average Bonchev–Trinajstić information content (AvgIpc) is 3.02. The Hall–Kier alpha value is -2.66. The second-order valence-corrected chi connectivity index (χ2v) is 6.65. The quantitative estimate of drug-likeness (QED) is 0.935. The summed E-state index contributed by atoms with van der Waals surface area (Å²) in [5.41, 5.74) is 3.72. The van der Waals surface area contributed by atoms with Crippen molar-refractivity contribution in [2.45, 2.75) is 13.0 Å². The fourth-order valence-corrected chi connectivity index (χ4v) is 3.50. The van der Waals surface area contributed by atoms with E-state index in [2.05, 4.69) is 34.5 Å². The van der Waals surface area contributed by atoms with Gasteiger partial charge < -0.3 is 10.2 Å². The minimum absolute atomic E-state index is 0.00544. The number of amides is 2. The zero-order valence-corrected chi connectivity index (χ0v) is 14.1. The fourth-order valence-electron chi connectivity index (χ4n) is 3.50. The van der Waals surface area contributed by atoms with Crippen molar-refractivity contribution in [1.82, 2.24) is 9.80 Å². The van der Waals surface area contributed by atoms with Crippen LogP contribution in [-0.2, 0) is 17.8 Å². The maximum atomic E-state index is 12.7. The summed E-state index contributed by atoms with van der Waals surface area (Å²) in [5.74, 6) is 0.0515. The number of nitrogens with zero attached hydrogens (tertiary/aromatic N) is 2. The van der Waals surface area contributed by atoms with Crippen LogP contribution in [0.5, 0.6) is 0 Å². The second kappa shape index (κ2) is 6.69. The molecule has 0 atom stereocenters. The molecule has 0 aromatic heterocycles. The first-order valence-corrected chi connectivity index (χ1v) is 8.67. The number of nitrogens with one attached hydrogen (secondary N) is 1. The lowest BCUT2D eigenvalue weighted by Crippen LogP contribution is -2.48. The standard InChI is InChI=1S/C20H21N3O2/c24-19-13-17-12-16(6-7-18(17)21-19)20(25)23-10-8-22(9-11-23)14-15-4-2-1-3-5-15/h1-7,12H,8-11,13-14H2,(H,21,24). The van der Waals surface area contributed by atoms with Crippen LogP contribution < -0.4 is 5.32 Å². The molecule has 0 radical (unpaired) electrons. The van der Waals surface area contributed by atoms with Gasteiger partial charge in [0.15, 0.2) is 0 Å². The molecule has 2 heterocycles. The Morgan fingerprint density at radius 2 is 1.76 bits per heavy atom. The summed E-state index contributed by atoms with van der Waals surface area (Å²) < 4.78 is 0. The summed E-state index contributed by atoms with van der Waals surface area (Å²) in [6, 6.07) is 15.9. The molecule has 0 spiro atoms. The van der Waals surface area contributed by atoms with Gasteiger partial charge in [0.2, 0.25) is 5.91 Å². The van der Waals surface area contributed by atoms with Gasteiger partial charge in [-0.15, -0.1) is 0 Å². The van der Waals surface area contributed by atoms with Crippen LogP contribution in [0.2, 0.25) is 0 Å². The molecule has 0 saturated carbocycles. The summed E-state index contributed by atoms with van der Waals surface area (Å²) in [4.78, 5) is 28.5. The lowest BCUT2D eigenvalue weighted by molar-refractivity contribution is -0.115. The Morgan fingerprint density at radius 1 is 1.00 bits per heavy atom. The monoisotopic (exact) mass is 335 g/mol. The SMILES string of the molecule is O=C1Cc2cc(C(=O)N3CCN(Cc4ccccc4)CC3)ccc2N1. The molecule has 1 saturated heterocycles. The van der Waals surface area contributed by atoms with Crippen LogP contribution in [0, 0.1) is 0 Å². The highest BCUT2D eigenvalue weighted by Gasteiger charge is 2.24. The molecule has 1 N–H and O–H groups in total. The minimum atomic E-state index is -0.00544. The van der Waals surface area contributed by atoms with Crippen molar-refractivity contribution in [3.8, 4) is 0 Å². The zero-order valence-electron chi connectivity index (χ0n) is 14.1. The van der Waals surface area contributed by atoms with Crippen molar-refractivity contribution < 1.29 is 9.59 Å². The van der Waals surface area contributed by atoms with E-state index < -0.39 is 0 Å². The summed E-state index contributed by atoms with van der Waals surface area (Å²) >= 11 is 0. The summed E-state index contributed by atoms with van der Waals surface area (Å²) in [6.45, 7) is 4.16. The van der Waals surface area contributed by atoms with Crippen LogP contribution in [0.25, 0.3) is 0 Å². The van der Waals surface area contributed by atoms with Gasteiger partial charge in [-0.3, -0.25) is 14.5 Å². The predicted molar refractivity (Wildman–Crippen MR) is 96.4 cm³/mol. The summed E-state index contributed by atoms with van der Waals surface area (Å²) in [6.07, 6.45) is 0.362. The molecule has 4 rings (SSSR count). The van der Waals surface area contributed by atoms with Crippen LogP contribution in [0.1, 0.15) is 21.5 Å². The van der Waals surface area contributed by atoms with Gasteiger partial charge in [-0.2, -0.15) is 0 Å². The van der Waals surface area contributed by atoms with Crippen molar-refractivity contribution in [2.24, 2.45) is 0 Å². The van der Waals surface area contributed by atoms with Gasteiger partial charge >= 0.3 is 0 Å². The molecule has 5 heteroatoms. The Morgan fingerprint density at radius 3 is 2.52 bits per heavy atom. The topological polar surface area (TPSA) is 52.7 Å². The number of piperazine rings is 1. The normalized spacial score (nSPS) is 17.3. The molecule has 0 aliphatic carbocycles. The van der Waals surface area contributed by atoms with Crippen LogP contribution in [0.15, 0.2) is 48.5 Å². The van der Waals surface area contributed by atoms with E-state index in [1.807, 2.05) is 29.2 Å². The first kappa shape index (κ1) is 15.8. The zero-order chi connectivity index (χ0) is 17.2. The van der Waals surface area contributed by atoms with Crippen molar-refractivity contribution >= 4 is 17.5 Å². The molecule has 2 aromatic carbocycles. The van der Waals surface area contributed by atoms with E-state index in [-0.39, 0.29) is 11.8 Å². The number of hydrogen-bond donors (Lipinski definition) is 1. The molecule has 0 bridgehead atoms. The Kier molecular flexibility index (Phi) is 4.24. The highest BCUT2D eigenvalue weighted by molar-refractivity contribution is 6.01. The van der Waals surface area contributed by atoms with E-state index in [0.29, 0.717) is 12.0 Å². The van der Waals surface area contributed by atoms with Crippen molar-refractivity contribution in [3.05, 3.63) is 65.2 Å². The van der Waals surface area contributed by atoms with Gasteiger partial charge in [0.05, 0.1) is 6.42 Å². The Balaban J connectivity index is 1.37. The molecule has 0 unspecified atom stereocenters. The molecule has 5 nitrogen and oxygen atoms in total. The van der Waals surface area contributed by atoms with Gasteiger partial charge in [-0.05, 0) is 29.3 Å². The van der Waals surface area contributed by atoms with Gasteiger partial charge in [-0.25, -0.2) is 0 Å². The van der Waals surface area contributed by atoms with Gasteiger partial charge in [0.1, 0.15) is 0 Å². The van der Waals surface area contributed by atoms with Crippen molar-refractivity contribution in [3.63, 3.8) is 0 Å². The third-order valence-electron chi connectivity index (χ3n) is 4.89. The fraction of sp³-hybridized carbons (Fsp3) is 0.300. The number of anilines is 1. The van der Waals surface area contributed by atoms with E-state index in [0.717, 1.165) is 44.0 Å². The number of carbonyl (C=O) groups is 2. The number of hydrogen-bond acceptors (Lipinski definition) is 3. The van der Waals surface area contributed by atoms with Gasteiger partial charge in [-0.1, -0.05) is 30.3 Å². The Labute approximate surface area is 147 Å². The molecular weight excluding hydrogens is 314 g/mol. The van der Waals surface area contributed by atoms with E-state index in [1.54, 1.807) is 0 Å². The highest BCUT2D eigenvalue weighted by atomic mass is 16.2. The highest BCUT2D eigenvalue weighted by Crippen LogP contribution is 2.24. The first-order chi connectivity index (χ1) is 12.2. The number of carbonyl (C=O) groups excluding carboxylic acids is 2. The van der Waals surface area contributed by atoms with E-state index >= 15 is 0 Å². The maximum Gasteiger partial charge on any atom is 0.253 e. The van der Waals surface area contributed by atoms with Crippen LogP contribution in [0.4, 0.5) is 5.69 Å². The van der Waals surface area contributed by atoms with Crippen molar-refractivity contribution in [2.75, 3.05) is 31.5 Å². The molecule has 2 aliphatic heterocycles. The van der Waals surface area contributed by atoms with Crippen LogP contribution in [-0.4, -0.2) is 47.8 Å². The smallest absolute Gasteiger partial charge is 0.253 e. The van der Waals surface area contributed by atoms with Crippen molar-refractivity contribution in [1.29, 1.82) is 0 Å². The molecule has 1 fully saturated rings. The van der Waals surface area contributed by atoms with E-state index in [1.165, 1.54) is 5.56 Å². The van der Waals surface area contributed by atoms with Gasteiger partial charge in [0, 0.05) is 44.0 Å². The minimum Gasteiger partial charge on any atom is -0.336 e. The average molecular weight is 335 g/mol. The largest absolute Gasteiger partial charge is 0.336 e. The lowest BCUT2D eigenvalue weighted by Gasteiger charge is -2.34. The predicted octanol–water partition coefficient (Wildman–Crippen LogP) is 2.14. The first-order valence-electron chi connectivity index (χ1n) is 8.67. The third kappa shape index (κ3) is 3.42. The molecular formula is C20H21N3O2. The Bertz CT molecular complexity index is 796. The molecule has 2 aliphatic rings. The van der Waals surface area contributed by atoms with Crippen LogP contribution >= 0.6 is 0 Å². The molecule has 2 amide bonds. The number of fused-ring (bicyclic) bond motifs is 1. The maximum absolute atomic E-state index is 12.7. The van der Waals surface area contributed by atoms with E-state index in [4.69, 9.17) is 0 Å². The van der Waals surface area contributed by atoms with E-state index in [9.17, 15) is 9.59 Å². The van der Waals surface area contributed by atoms with Crippen LogP contribution in [0.3, 0.4) is 0 Å². The molecule has 128 valence electrons. The molecule has 25 heavy (non-hydrogen) atoms. The number of benzene rings is 2. The van der Waals surface area contributed by atoms with Gasteiger partial charge in [0.25, 0.3) is 5.91 Å². The lowest BCUT2D eigenvalue weighted by atomic mass is 10.1. The third-order valence-corrected chi connectivity index (χ3v) is 4.89. The molecule has 2 aromatic rings. The number of rotatable bonds is 3. The summed E-state index contributed by atoms with van der Waals surface area (Å²) in [5, 5.41) is 2.80.